The highest BCUT2D eigenvalue weighted by atomic mass is 16.6. The minimum absolute atomic E-state index is 0.0473. The number of carbonyl (C=O) groups is 3. The number of methoxy groups -OCH3 is 1. The summed E-state index contributed by atoms with van der Waals surface area (Å²) in [4.78, 5) is 48.5. The summed E-state index contributed by atoms with van der Waals surface area (Å²) in [6, 6.07) is 9.90. The van der Waals surface area contributed by atoms with Crippen molar-refractivity contribution in [3.8, 4) is 5.75 Å². The van der Waals surface area contributed by atoms with Crippen LogP contribution in [0.5, 0.6) is 5.75 Å². The topological polar surface area (TPSA) is 128 Å². The third-order valence-corrected chi connectivity index (χ3v) is 4.38. The number of esters is 1. The van der Waals surface area contributed by atoms with Gasteiger partial charge in [0.05, 0.1) is 17.6 Å². The minimum atomic E-state index is -0.695. The molecule has 2 aromatic carbocycles. The van der Waals surface area contributed by atoms with Gasteiger partial charge in [0, 0.05) is 36.5 Å². The predicted octanol–water partition coefficient (Wildman–Crippen LogP) is 2.88. The van der Waals surface area contributed by atoms with Crippen molar-refractivity contribution < 1.29 is 28.8 Å². The van der Waals surface area contributed by atoms with Crippen LogP contribution in [-0.2, 0) is 9.53 Å². The van der Waals surface area contributed by atoms with Gasteiger partial charge in [0.2, 0.25) is 0 Å². The molecular formula is C21H23N3O7. The zero-order chi connectivity index (χ0) is 23.0. The second-order valence-electron chi connectivity index (χ2n) is 6.33. The van der Waals surface area contributed by atoms with Gasteiger partial charge in [-0.05, 0) is 38.1 Å². The Labute approximate surface area is 178 Å². The number of amides is 2. The number of ether oxygens (including phenoxy) is 2. The van der Waals surface area contributed by atoms with Crippen LogP contribution in [0.25, 0.3) is 0 Å². The van der Waals surface area contributed by atoms with Crippen LogP contribution in [0.2, 0.25) is 0 Å². The molecule has 0 radical (unpaired) electrons. The van der Waals surface area contributed by atoms with Crippen LogP contribution >= 0.6 is 0 Å². The number of anilines is 1. The molecule has 2 rings (SSSR count). The van der Waals surface area contributed by atoms with Crippen molar-refractivity contribution >= 4 is 29.2 Å². The number of nitro benzene ring substituents is 1. The summed E-state index contributed by atoms with van der Waals surface area (Å²) in [7, 11) is 1.18. The van der Waals surface area contributed by atoms with E-state index in [4.69, 9.17) is 4.74 Å². The first-order valence-electron chi connectivity index (χ1n) is 9.49. The fraction of sp³-hybridized carbons (Fsp3) is 0.286. The lowest BCUT2D eigenvalue weighted by atomic mass is 10.1. The number of nitrogens with one attached hydrogen (secondary N) is 1. The Balaban J connectivity index is 2.10. The van der Waals surface area contributed by atoms with Gasteiger partial charge in [0.15, 0.2) is 12.4 Å². The Kier molecular flexibility index (Phi) is 8.07. The average Bonchev–Trinajstić information content (AvgIpc) is 2.77. The summed E-state index contributed by atoms with van der Waals surface area (Å²) >= 11 is 0. The maximum atomic E-state index is 12.5. The molecule has 10 nitrogen and oxygen atoms in total. The quantitative estimate of drug-likeness (QED) is 0.369. The Bertz CT molecular complexity index is 987. The van der Waals surface area contributed by atoms with E-state index >= 15 is 0 Å². The van der Waals surface area contributed by atoms with Crippen LogP contribution in [0.1, 0.15) is 34.6 Å². The van der Waals surface area contributed by atoms with E-state index in [9.17, 15) is 24.5 Å². The summed E-state index contributed by atoms with van der Waals surface area (Å²) in [5.41, 5.74) is 0.451. The number of nitrogens with zero attached hydrogens (tertiary/aromatic N) is 2. The number of hydrogen-bond acceptors (Lipinski definition) is 7. The highest BCUT2D eigenvalue weighted by Gasteiger charge is 2.20. The molecule has 164 valence electrons. The molecule has 0 bridgehead atoms. The first-order chi connectivity index (χ1) is 14.8. The van der Waals surface area contributed by atoms with Crippen molar-refractivity contribution in [2.45, 2.75) is 13.8 Å². The van der Waals surface area contributed by atoms with E-state index < -0.39 is 29.1 Å². The van der Waals surface area contributed by atoms with Crippen molar-refractivity contribution in [3.63, 3.8) is 0 Å². The van der Waals surface area contributed by atoms with Gasteiger partial charge in [-0.3, -0.25) is 19.7 Å². The predicted molar refractivity (Wildman–Crippen MR) is 112 cm³/mol. The van der Waals surface area contributed by atoms with Crippen LogP contribution in [0.15, 0.2) is 42.5 Å². The second-order valence-corrected chi connectivity index (χ2v) is 6.33. The number of carbonyl (C=O) groups excluding carboxylic acids is 3. The lowest BCUT2D eigenvalue weighted by Crippen LogP contribution is -2.30. The fourth-order valence-corrected chi connectivity index (χ4v) is 2.79. The monoisotopic (exact) mass is 429 g/mol. The maximum absolute atomic E-state index is 12.5. The highest BCUT2D eigenvalue weighted by molar-refractivity contribution is 5.97. The van der Waals surface area contributed by atoms with Crippen LogP contribution in [-0.4, -0.2) is 54.4 Å². The van der Waals surface area contributed by atoms with E-state index in [1.807, 2.05) is 13.8 Å². The summed E-state index contributed by atoms with van der Waals surface area (Å²) in [6.07, 6.45) is 0. The van der Waals surface area contributed by atoms with E-state index in [1.165, 1.54) is 13.2 Å². The standard InChI is InChI=1S/C21H23N3O7/c1-4-23(5-2)20(26)14-7-6-8-16(11-14)22-19(25)13-31-18-12-15(21(27)30-3)9-10-17(18)24(28)29/h6-12H,4-5,13H2,1-3H3,(H,22,25). The summed E-state index contributed by atoms with van der Waals surface area (Å²) in [5, 5.41) is 13.8. The zero-order valence-electron chi connectivity index (χ0n) is 17.4. The van der Waals surface area contributed by atoms with Gasteiger partial charge in [0.1, 0.15) is 0 Å². The molecular weight excluding hydrogens is 406 g/mol. The lowest BCUT2D eigenvalue weighted by Gasteiger charge is -2.19. The maximum Gasteiger partial charge on any atom is 0.337 e. The second kappa shape index (κ2) is 10.7. The van der Waals surface area contributed by atoms with Crippen LogP contribution in [0.3, 0.4) is 0 Å². The van der Waals surface area contributed by atoms with Gasteiger partial charge < -0.3 is 19.7 Å². The number of hydrogen-bond donors (Lipinski definition) is 1. The van der Waals surface area contributed by atoms with Crippen molar-refractivity contribution in [2.75, 3.05) is 32.1 Å². The minimum Gasteiger partial charge on any atom is -0.477 e. The Morgan fingerprint density at radius 1 is 1.06 bits per heavy atom. The molecule has 2 amide bonds. The van der Waals surface area contributed by atoms with E-state index in [-0.39, 0.29) is 17.2 Å². The molecule has 0 heterocycles. The molecule has 0 fully saturated rings. The van der Waals surface area contributed by atoms with E-state index in [1.54, 1.807) is 29.2 Å². The van der Waals surface area contributed by atoms with E-state index in [0.717, 1.165) is 12.1 Å². The smallest absolute Gasteiger partial charge is 0.337 e. The first-order valence-corrected chi connectivity index (χ1v) is 9.49. The molecule has 1 N–H and O–H groups in total. The van der Waals surface area contributed by atoms with Crippen molar-refractivity contribution in [1.29, 1.82) is 0 Å². The Hall–Kier alpha value is -3.95. The molecule has 0 aliphatic heterocycles. The summed E-state index contributed by atoms with van der Waals surface area (Å²) < 4.78 is 9.87. The van der Waals surface area contributed by atoms with Crippen LogP contribution in [0.4, 0.5) is 11.4 Å². The van der Waals surface area contributed by atoms with Crippen molar-refractivity contribution in [1.82, 2.24) is 4.90 Å². The Morgan fingerprint density at radius 2 is 1.77 bits per heavy atom. The van der Waals surface area contributed by atoms with Gasteiger partial charge in [-0.15, -0.1) is 0 Å². The van der Waals surface area contributed by atoms with Crippen LogP contribution < -0.4 is 10.1 Å². The molecule has 0 spiro atoms. The fourth-order valence-electron chi connectivity index (χ4n) is 2.79. The third kappa shape index (κ3) is 6.01. The number of nitro groups is 1. The normalized spacial score (nSPS) is 10.2. The van der Waals surface area contributed by atoms with E-state index in [2.05, 4.69) is 10.1 Å². The van der Waals surface area contributed by atoms with Gasteiger partial charge in [-0.2, -0.15) is 0 Å². The zero-order valence-corrected chi connectivity index (χ0v) is 17.4. The average molecular weight is 429 g/mol. The third-order valence-electron chi connectivity index (χ3n) is 4.38. The molecule has 0 unspecified atom stereocenters. The molecule has 2 aromatic rings. The molecule has 0 aromatic heterocycles. The largest absolute Gasteiger partial charge is 0.477 e. The highest BCUT2D eigenvalue weighted by Crippen LogP contribution is 2.28. The van der Waals surface area contributed by atoms with E-state index in [0.29, 0.717) is 24.3 Å². The lowest BCUT2D eigenvalue weighted by molar-refractivity contribution is -0.385. The van der Waals surface area contributed by atoms with Gasteiger partial charge in [-0.25, -0.2) is 4.79 Å². The van der Waals surface area contributed by atoms with Gasteiger partial charge in [-0.1, -0.05) is 6.07 Å². The molecule has 0 saturated heterocycles. The first kappa shape index (κ1) is 23.3. The van der Waals surface area contributed by atoms with Gasteiger partial charge in [0.25, 0.3) is 11.8 Å². The van der Waals surface area contributed by atoms with Gasteiger partial charge >= 0.3 is 11.7 Å². The number of rotatable bonds is 9. The molecule has 31 heavy (non-hydrogen) atoms. The van der Waals surface area contributed by atoms with Crippen LogP contribution in [0, 0.1) is 10.1 Å². The number of benzene rings is 2. The SMILES string of the molecule is CCN(CC)C(=O)c1cccc(NC(=O)COc2cc(C(=O)OC)ccc2[N+](=O)[O-])c1. The molecule has 0 atom stereocenters. The molecule has 0 aliphatic rings. The van der Waals surface area contributed by atoms with Crippen molar-refractivity contribution in [3.05, 3.63) is 63.7 Å². The summed E-state index contributed by atoms with van der Waals surface area (Å²) in [6.45, 7) is 4.32. The molecule has 10 heteroatoms. The molecule has 0 aliphatic carbocycles. The van der Waals surface area contributed by atoms with Crippen molar-refractivity contribution in [2.24, 2.45) is 0 Å². The summed E-state index contributed by atoms with van der Waals surface area (Å²) in [5.74, 6) is -1.69. The molecule has 0 saturated carbocycles. The Morgan fingerprint density at radius 3 is 2.39 bits per heavy atom.